The fourth-order valence-electron chi connectivity index (χ4n) is 3.89. The smallest absolute Gasteiger partial charge is 0.196 e. The summed E-state index contributed by atoms with van der Waals surface area (Å²) in [4.78, 5) is 4.91. The molecule has 0 saturated heterocycles. The van der Waals surface area contributed by atoms with E-state index in [-0.39, 0.29) is 17.9 Å². The number of nitrogens with two attached hydrogens (primary N) is 1. The molecule has 0 heterocycles. The zero-order chi connectivity index (χ0) is 17.5. The summed E-state index contributed by atoms with van der Waals surface area (Å²) in [5.41, 5.74) is 7.01. The topological polar surface area (TPSA) is 62.4 Å². The van der Waals surface area contributed by atoms with E-state index >= 15 is 0 Å². The van der Waals surface area contributed by atoms with E-state index in [4.69, 9.17) is 10.7 Å². The number of anilines is 1. The number of benzene rings is 1. The molecule has 4 nitrogen and oxygen atoms in total. The van der Waals surface area contributed by atoms with Gasteiger partial charge >= 0.3 is 0 Å². The summed E-state index contributed by atoms with van der Waals surface area (Å²) in [6.45, 7) is 0. The van der Waals surface area contributed by atoms with Crippen molar-refractivity contribution in [2.75, 3.05) is 5.32 Å². The van der Waals surface area contributed by atoms with Gasteiger partial charge in [-0.1, -0.05) is 44.6 Å². The zero-order valence-corrected chi connectivity index (χ0v) is 15.0. The molecule has 0 aromatic heterocycles. The van der Waals surface area contributed by atoms with Crippen LogP contribution in [0.15, 0.2) is 29.3 Å². The van der Waals surface area contributed by atoms with E-state index in [2.05, 4.69) is 10.6 Å². The zero-order valence-electron chi connectivity index (χ0n) is 15.0. The molecule has 138 valence electrons. The predicted molar refractivity (Wildman–Crippen MR) is 102 cm³/mol. The van der Waals surface area contributed by atoms with Gasteiger partial charge in [0.2, 0.25) is 0 Å². The monoisotopic (exact) mass is 346 g/mol. The first-order valence-corrected chi connectivity index (χ1v) is 9.83. The minimum Gasteiger partial charge on any atom is -0.353 e. The molecule has 3 rings (SSSR count). The van der Waals surface area contributed by atoms with Crippen molar-refractivity contribution in [3.8, 4) is 0 Å². The molecule has 0 aliphatic heterocycles. The van der Waals surface area contributed by atoms with Crippen molar-refractivity contribution in [1.29, 1.82) is 0 Å². The van der Waals surface area contributed by atoms with Crippen LogP contribution in [0.5, 0.6) is 0 Å². The van der Waals surface area contributed by atoms with Gasteiger partial charge in [0.05, 0.1) is 6.04 Å². The van der Waals surface area contributed by atoms with Crippen molar-refractivity contribution in [2.24, 2.45) is 10.7 Å². The molecule has 0 radical (unpaired) electrons. The lowest BCUT2D eigenvalue weighted by Crippen LogP contribution is -2.43. The molecule has 0 bridgehead atoms. The van der Waals surface area contributed by atoms with E-state index in [1.54, 1.807) is 6.07 Å². The number of nitrogens with zero attached hydrogens (tertiary/aromatic N) is 1. The van der Waals surface area contributed by atoms with Gasteiger partial charge in [-0.15, -0.1) is 0 Å². The molecular formula is C20H31FN4. The van der Waals surface area contributed by atoms with Crippen molar-refractivity contribution in [3.05, 3.63) is 30.1 Å². The third-order valence-corrected chi connectivity index (χ3v) is 5.36. The molecule has 2 saturated carbocycles. The van der Waals surface area contributed by atoms with Gasteiger partial charge in [0, 0.05) is 17.8 Å². The molecule has 1 aromatic rings. The van der Waals surface area contributed by atoms with E-state index in [0.717, 1.165) is 24.5 Å². The van der Waals surface area contributed by atoms with Gasteiger partial charge in [-0.3, -0.25) is 0 Å². The highest BCUT2D eigenvalue weighted by molar-refractivity contribution is 5.94. The Morgan fingerprint density at radius 3 is 2.44 bits per heavy atom. The largest absolute Gasteiger partial charge is 0.353 e. The van der Waals surface area contributed by atoms with Crippen molar-refractivity contribution in [2.45, 2.75) is 82.3 Å². The highest BCUT2D eigenvalue weighted by Gasteiger charge is 2.22. The maximum absolute atomic E-state index is 13.5. The van der Waals surface area contributed by atoms with Crippen molar-refractivity contribution >= 4 is 11.6 Å². The highest BCUT2D eigenvalue weighted by Crippen LogP contribution is 2.21. The highest BCUT2D eigenvalue weighted by atomic mass is 19.1. The fraction of sp³-hybridized carbons (Fsp3) is 0.650. The standard InChI is InChI=1S/C20H31FN4/c21-15-8-7-11-17(14-15)24-20(23-16-9-3-1-2-4-10-16)25-19-13-6-5-12-18(19)22/h7-8,11,14,16,18-19H,1-6,9-10,12-13,22H2,(H2,23,24,25)/t18-,19-/m0/s1. The van der Waals surface area contributed by atoms with Crippen LogP contribution in [0.2, 0.25) is 0 Å². The van der Waals surface area contributed by atoms with Crippen LogP contribution in [0.3, 0.4) is 0 Å². The third kappa shape index (κ3) is 5.70. The molecule has 1 aromatic carbocycles. The van der Waals surface area contributed by atoms with Crippen molar-refractivity contribution < 1.29 is 4.39 Å². The van der Waals surface area contributed by atoms with Gasteiger partial charge in [0.15, 0.2) is 5.96 Å². The maximum atomic E-state index is 13.5. The SMILES string of the molecule is N[C@H]1CCCC[C@@H]1N=C(Nc1cccc(F)c1)NC1CCCCCC1. The number of rotatable bonds is 3. The van der Waals surface area contributed by atoms with E-state index in [0.29, 0.717) is 6.04 Å². The molecule has 2 fully saturated rings. The summed E-state index contributed by atoms with van der Waals surface area (Å²) >= 11 is 0. The van der Waals surface area contributed by atoms with Crippen LogP contribution < -0.4 is 16.4 Å². The van der Waals surface area contributed by atoms with Gasteiger partial charge in [-0.05, 0) is 43.9 Å². The van der Waals surface area contributed by atoms with Gasteiger partial charge in [-0.25, -0.2) is 9.38 Å². The number of halogens is 1. The summed E-state index contributed by atoms with van der Waals surface area (Å²) in [6.07, 6.45) is 11.9. The second kappa shape index (κ2) is 9.18. The number of hydrogen-bond acceptors (Lipinski definition) is 2. The van der Waals surface area contributed by atoms with Gasteiger partial charge in [0.25, 0.3) is 0 Å². The molecular weight excluding hydrogens is 315 g/mol. The molecule has 5 heteroatoms. The number of aliphatic imine (C=N–C) groups is 1. The van der Waals surface area contributed by atoms with Crippen LogP contribution in [-0.2, 0) is 0 Å². The molecule has 2 atom stereocenters. The average molecular weight is 346 g/mol. The van der Waals surface area contributed by atoms with Crippen LogP contribution in [0.25, 0.3) is 0 Å². The van der Waals surface area contributed by atoms with E-state index in [1.165, 1.54) is 63.5 Å². The molecule has 2 aliphatic rings. The Morgan fingerprint density at radius 1 is 1.00 bits per heavy atom. The number of guanidine groups is 1. The van der Waals surface area contributed by atoms with Crippen LogP contribution >= 0.6 is 0 Å². The molecule has 2 aliphatic carbocycles. The van der Waals surface area contributed by atoms with Crippen molar-refractivity contribution in [1.82, 2.24) is 5.32 Å². The Labute approximate surface area is 150 Å². The summed E-state index contributed by atoms with van der Waals surface area (Å²) in [5, 5.41) is 6.89. The van der Waals surface area contributed by atoms with Crippen molar-refractivity contribution in [3.63, 3.8) is 0 Å². The van der Waals surface area contributed by atoms with E-state index in [9.17, 15) is 4.39 Å². The second-order valence-electron chi connectivity index (χ2n) is 7.46. The molecule has 0 spiro atoms. The van der Waals surface area contributed by atoms with Gasteiger partial charge < -0.3 is 16.4 Å². The Balaban J connectivity index is 1.74. The summed E-state index contributed by atoms with van der Waals surface area (Å²) in [5.74, 6) is 0.507. The van der Waals surface area contributed by atoms with E-state index in [1.807, 2.05) is 6.07 Å². The molecule has 4 N–H and O–H groups in total. The Hall–Kier alpha value is -1.62. The van der Waals surface area contributed by atoms with Gasteiger partial charge in [0.1, 0.15) is 5.82 Å². The third-order valence-electron chi connectivity index (χ3n) is 5.36. The minimum absolute atomic E-state index is 0.119. The number of hydrogen-bond donors (Lipinski definition) is 3. The van der Waals surface area contributed by atoms with Gasteiger partial charge in [-0.2, -0.15) is 0 Å². The average Bonchev–Trinajstić information content (AvgIpc) is 2.85. The predicted octanol–water partition coefficient (Wildman–Crippen LogP) is 4.18. The first kappa shape index (κ1) is 18.2. The Morgan fingerprint density at radius 2 is 1.72 bits per heavy atom. The molecule has 0 amide bonds. The Bertz CT molecular complexity index is 567. The van der Waals surface area contributed by atoms with E-state index < -0.39 is 0 Å². The summed E-state index contributed by atoms with van der Waals surface area (Å²) in [7, 11) is 0. The Kier molecular flexibility index (Phi) is 6.68. The maximum Gasteiger partial charge on any atom is 0.196 e. The summed E-state index contributed by atoms with van der Waals surface area (Å²) in [6, 6.07) is 7.24. The number of nitrogens with one attached hydrogen (secondary N) is 2. The van der Waals surface area contributed by atoms with Crippen LogP contribution in [0.1, 0.15) is 64.2 Å². The normalized spacial score (nSPS) is 26.1. The lowest BCUT2D eigenvalue weighted by Gasteiger charge is -2.28. The lowest BCUT2D eigenvalue weighted by atomic mass is 9.91. The summed E-state index contributed by atoms with van der Waals surface area (Å²) < 4.78 is 13.5. The second-order valence-corrected chi connectivity index (χ2v) is 7.46. The lowest BCUT2D eigenvalue weighted by molar-refractivity contribution is 0.385. The first-order valence-electron chi connectivity index (χ1n) is 9.83. The first-order chi connectivity index (χ1) is 12.2. The van der Waals surface area contributed by atoms with Crippen LogP contribution in [0, 0.1) is 5.82 Å². The fourth-order valence-corrected chi connectivity index (χ4v) is 3.89. The molecule has 25 heavy (non-hydrogen) atoms. The van der Waals surface area contributed by atoms with Crippen LogP contribution in [-0.4, -0.2) is 24.1 Å². The van der Waals surface area contributed by atoms with Crippen LogP contribution in [0.4, 0.5) is 10.1 Å². The molecule has 0 unspecified atom stereocenters. The quantitative estimate of drug-likeness (QED) is 0.437. The minimum atomic E-state index is -0.242.